The van der Waals surface area contributed by atoms with E-state index in [1.807, 2.05) is 26.0 Å². The Kier molecular flexibility index (Phi) is 5.18. The number of pyridine rings is 1. The number of anilines is 1. The van der Waals surface area contributed by atoms with E-state index in [9.17, 15) is 12.8 Å². The molecule has 2 aromatic heterocycles. The molecule has 0 atom stereocenters. The number of rotatable bonds is 4. The van der Waals surface area contributed by atoms with Gasteiger partial charge in [0.05, 0.1) is 11.2 Å². The largest absolute Gasteiger partial charge is 0.351 e. The van der Waals surface area contributed by atoms with Gasteiger partial charge in [0.2, 0.25) is 10.0 Å². The third-order valence-corrected chi connectivity index (χ3v) is 7.08. The van der Waals surface area contributed by atoms with Gasteiger partial charge in [0, 0.05) is 37.8 Å². The van der Waals surface area contributed by atoms with Crippen LogP contribution in [0.25, 0.3) is 10.9 Å². The molecule has 1 fully saturated rings. The number of halogens is 1. The van der Waals surface area contributed by atoms with Crippen molar-refractivity contribution in [3.8, 4) is 0 Å². The number of piperazine rings is 1. The number of sulfonamides is 1. The lowest BCUT2D eigenvalue weighted by Gasteiger charge is -2.34. The first-order valence-corrected chi connectivity index (χ1v) is 11.0. The van der Waals surface area contributed by atoms with Gasteiger partial charge in [-0.15, -0.1) is 0 Å². The van der Waals surface area contributed by atoms with Gasteiger partial charge in [-0.1, -0.05) is 19.1 Å². The van der Waals surface area contributed by atoms with Crippen LogP contribution in [0.15, 0.2) is 41.7 Å². The fourth-order valence-electron chi connectivity index (χ4n) is 3.59. The molecule has 0 N–H and O–H groups in total. The van der Waals surface area contributed by atoms with Crippen LogP contribution in [-0.2, 0) is 16.4 Å². The Bertz CT molecular complexity index is 1160. The predicted octanol–water partition coefficient (Wildman–Crippen LogP) is 2.55. The molecule has 0 saturated carbocycles. The molecule has 1 saturated heterocycles. The number of nitrogens with zero attached hydrogens (tertiary/aromatic N) is 5. The maximum atomic E-state index is 14.6. The molecular weight excluding hydrogens is 393 g/mol. The van der Waals surface area contributed by atoms with Crippen LogP contribution in [0.3, 0.4) is 0 Å². The average molecular weight is 415 g/mol. The van der Waals surface area contributed by atoms with Gasteiger partial charge in [-0.05, 0) is 31.0 Å². The Morgan fingerprint density at radius 3 is 2.59 bits per heavy atom. The zero-order chi connectivity index (χ0) is 20.6. The molecule has 1 aliphatic heterocycles. The number of hydrogen-bond donors (Lipinski definition) is 0. The van der Waals surface area contributed by atoms with Crippen LogP contribution < -0.4 is 4.90 Å². The van der Waals surface area contributed by atoms with Gasteiger partial charge in [-0.2, -0.15) is 4.31 Å². The Hall–Kier alpha value is -2.65. The highest BCUT2D eigenvalue weighted by atomic mass is 32.2. The van der Waals surface area contributed by atoms with Crippen LogP contribution in [0, 0.1) is 12.7 Å². The van der Waals surface area contributed by atoms with E-state index in [1.54, 1.807) is 23.2 Å². The number of aryl methyl sites for hydroxylation is 2. The van der Waals surface area contributed by atoms with Crippen LogP contribution in [0.2, 0.25) is 0 Å². The maximum absolute atomic E-state index is 14.6. The first-order chi connectivity index (χ1) is 13.9. The zero-order valence-electron chi connectivity index (χ0n) is 16.3. The van der Waals surface area contributed by atoms with Gasteiger partial charge in [-0.3, -0.25) is 4.98 Å². The molecule has 0 aliphatic carbocycles. The SMILES string of the molecule is CCc1ncnc(N2CCN(S(=O)(=O)c3cccc4cc(C)cnc34)CC2)c1F. The van der Waals surface area contributed by atoms with E-state index in [1.165, 1.54) is 10.6 Å². The summed E-state index contributed by atoms with van der Waals surface area (Å²) < 4.78 is 42.5. The lowest BCUT2D eigenvalue weighted by molar-refractivity contribution is 0.381. The van der Waals surface area contributed by atoms with E-state index in [-0.39, 0.29) is 23.8 Å². The lowest BCUT2D eigenvalue weighted by Crippen LogP contribution is -2.49. The number of fused-ring (bicyclic) bond motifs is 1. The summed E-state index contributed by atoms with van der Waals surface area (Å²) in [5, 5.41) is 0.792. The fraction of sp³-hybridized carbons (Fsp3) is 0.350. The van der Waals surface area contributed by atoms with Gasteiger partial charge < -0.3 is 4.90 Å². The monoisotopic (exact) mass is 415 g/mol. The lowest BCUT2D eigenvalue weighted by atomic mass is 10.2. The summed E-state index contributed by atoms with van der Waals surface area (Å²) in [6, 6.07) is 7.09. The third kappa shape index (κ3) is 3.56. The highest BCUT2D eigenvalue weighted by molar-refractivity contribution is 7.89. The quantitative estimate of drug-likeness (QED) is 0.652. The molecule has 9 heteroatoms. The smallest absolute Gasteiger partial charge is 0.245 e. The summed E-state index contributed by atoms with van der Waals surface area (Å²) in [5.74, 6) is -0.198. The highest BCUT2D eigenvalue weighted by Crippen LogP contribution is 2.27. The van der Waals surface area contributed by atoms with Gasteiger partial charge in [0.1, 0.15) is 11.2 Å². The molecular formula is C20H22FN5O2S. The van der Waals surface area contributed by atoms with Crippen LogP contribution in [0.4, 0.5) is 10.2 Å². The van der Waals surface area contributed by atoms with Crippen LogP contribution >= 0.6 is 0 Å². The van der Waals surface area contributed by atoms with Crippen molar-refractivity contribution in [1.82, 2.24) is 19.3 Å². The molecule has 0 spiro atoms. The van der Waals surface area contributed by atoms with Crippen molar-refractivity contribution in [1.29, 1.82) is 0 Å². The molecule has 1 aromatic carbocycles. The van der Waals surface area contributed by atoms with Crippen molar-refractivity contribution >= 4 is 26.7 Å². The molecule has 0 bridgehead atoms. The van der Waals surface area contributed by atoms with Crippen LogP contribution in [0.1, 0.15) is 18.2 Å². The van der Waals surface area contributed by atoms with E-state index < -0.39 is 15.8 Å². The van der Waals surface area contributed by atoms with E-state index >= 15 is 0 Å². The molecule has 1 aliphatic rings. The van der Waals surface area contributed by atoms with Crippen molar-refractivity contribution in [2.75, 3.05) is 31.1 Å². The summed E-state index contributed by atoms with van der Waals surface area (Å²) in [7, 11) is -3.71. The second kappa shape index (κ2) is 7.64. The second-order valence-corrected chi connectivity index (χ2v) is 8.95. The number of benzene rings is 1. The van der Waals surface area contributed by atoms with Crippen LogP contribution in [0.5, 0.6) is 0 Å². The molecule has 0 radical (unpaired) electrons. The minimum absolute atomic E-state index is 0.199. The van der Waals surface area contributed by atoms with Crippen LogP contribution in [-0.4, -0.2) is 53.9 Å². The van der Waals surface area contributed by atoms with E-state index in [0.29, 0.717) is 30.7 Å². The third-order valence-electron chi connectivity index (χ3n) is 5.14. The van der Waals surface area contributed by atoms with E-state index in [4.69, 9.17) is 0 Å². The topological polar surface area (TPSA) is 79.3 Å². The highest BCUT2D eigenvalue weighted by Gasteiger charge is 2.31. The molecule has 0 amide bonds. The van der Waals surface area contributed by atoms with Gasteiger partial charge >= 0.3 is 0 Å². The Balaban J connectivity index is 1.59. The summed E-state index contributed by atoms with van der Waals surface area (Å²) in [6.45, 7) is 4.95. The van der Waals surface area contributed by atoms with Crippen molar-refractivity contribution in [2.24, 2.45) is 0 Å². The molecule has 7 nitrogen and oxygen atoms in total. The van der Waals surface area contributed by atoms with Crippen molar-refractivity contribution in [2.45, 2.75) is 25.2 Å². The average Bonchev–Trinajstić information content (AvgIpc) is 2.73. The van der Waals surface area contributed by atoms with E-state index in [0.717, 1.165) is 10.9 Å². The molecule has 29 heavy (non-hydrogen) atoms. The summed E-state index contributed by atoms with van der Waals surface area (Å²) in [5.41, 5.74) is 1.80. The number of hydrogen-bond acceptors (Lipinski definition) is 6. The van der Waals surface area contributed by atoms with Crippen molar-refractivity contribution in [3.05, 3.63) is 53.9 Å². The predicted molar refractivity (Wildman–Crippen MR) is 109 cm³/mol. The number of para-hydroxylation sites is 1. The van der Waals surface area contributed by atoms with Gasteiger partial charge in [0.15, 0.2) is 11.6 Å². The summed E-state index contributed by atoms with van der Waals surface area (Å²) in [4.78, 5) is 14.3. The Labute approximate surface area is 169 Å². The molecule has 4 rings (SSSR count). The first-order valence-electron chi connectivity index (χ1n) is 9.51. The molecule has 3 aromatic rings. The van der Waals surface area contributed by atoms with E-state index in [2.05, 4.69) is 15.0 Å². The normalized spacial score (nSPS) is 15.8. The van der Waals surface area contributed by atoms with Gasteiger partial charge in [-0.25, -0.2) is 22.8 Å². The Morgan fingerprint density at radius 1 is 1.10 bits per heavy atom. The molecule has 0 unspecified atom stereocenters. The standard InChI is InChI=1S/C20H22FN5O2S/c1-3-16-18(21)20(24-13-23-16)25-7-9-26(10-8-25)29(27,28)17-6-4-5-15-11-14(2)12-22-19(15)17/h4-6,11-13H,3,7-10H2,1-2H3. The fourth-order valence-corrected chi connectivity index (χ4v) is 5.18. The van der Waals surface area contributed by atoms with Gasteiger partial charge in [0.25, 0.3) is 0 Å². The summed E-state index contributed by atoms with van der Waals surface area (Å²) in [6.07, 6.45) is 3.50. The van der Waals surface area contributed by atoms with Crippen molar-refractivity contribution in [3.63, 3.8) is 0 Å². The summed E-state index contributed by atoms with van der Waals surface area (Å²) >= 11 is 0. The first kappa shape index (κ1) is 19.7. The minimum Gasteiger partial charge on any atom is -0.351 e. The second-order valence-electron chi connectivity index (χ2n) is 7.04. The Morgan fingerprint density at radius 2 is 1.86 bits per heavy atom. The molecule has 3 heterocycles. The minimum atomic E-state index is -3.71. The molecule has 152 valence electrons. The zero-order valence-corrected chi connectivity index (χ0v) is 17.2. The maximum Gasteiger partial charge on any atom is 0.245 e. The van der Waals surface area contributed by atoms with Crippen molar-refractivity contribution < 1.29 is 12.8 Å². The number of aromatic nitrogens is 3.